The number of aromatic nitrogens is 2. The minimum absolute atomic E-state index is 0.105. The normalized spacial score (nSPS) is 17.1. The Hall–Kier alpha value is -2.10. The van der Waals surface area contributed by atoms with Gasteiger partial charge in [0.25, 0.3) is 0 Å². The lowest BCUT2D eigenvalue weighted by atomic mass is 10.0. The molecule has 0 aliphatic carbocycles. The van der Waals surface area contributed by atoms with Gasteiger partial charge in [-0.25, -0.2) is 4.98 Å². The molecule has 116 valence electrons. The zero-order chi connectivity index (χ0) is 15.7. The number of aryl methyl sites for hydroxylation is 4. The largest absolute Gasteiger partial charge is 0.351 e. The molecule has 4 heteroatoms. The van der Waals surface area contributed by atoms with Crippen molar-refractivity contribution in [1.82, 2.24) is 14.9 Å². The Bertz CT molecular complexity index is 702. The topological polar surface area (TPSA) is 46.9 Å². The number of nitrogens with one attached hydrogen (secondary N) is 1. The highest BCUT2D eigenvalue weighted by molar-refractivity contribution is 5.79. The number of rotatable bonds is 3. The van der Waals surface area contributed by atoms with Crippen LogP contribution in [0.2, 0.25) is 0 Å². The van der Waals surface area contributed by atoms with Crippen LogP contribution in [0.5, 0.6) is 0 Å². The standard InChI is InChI=1S/C18H23N3O/c1-12-4-5-15(8-13(12)2)9-18(22)20-16-6-7-17-19-14(3)10-21(17)11-16/h4-5,8,10,16H,6-7,9,11H2,1-3H3,(H,20,22)/t16-/m0/s1. The van der Waals surface area contributed by atoms with Gasteiger partial charge in [-0.2, -0.15) is 0 Å². The van der Waals surface area contributed by atoms with Gasteiger partial charge in [-0.1, -0.05) is 18.2 Å². The molecule has 1 aliphatic heterocycles. The van der Waals surface area contributed by atoms with Crippen LogP contribution in [0.1, 0.15) is 34.6 Å². The fraction of sp³-hybridized carbons (Fsp3) is 0.444. The third-order valence-electron chi connectivity index (χ3n) is 4.41. The van der Waals surface area contributed by atoms with Crippen LogP contribution in [0.4, 0.5) is 0 Å². The number of imidazole rings is 1. The van der Waals surface area contributed by atoms with Crippen molar-refractivity contribution < 1.29 is 4.79 Å². The molecule has 2 heterocycles. The lowest BCUT2D eigenvalue weighted by Gasteiger charge is -2.24. The molecule has 3 rings (SSSR count). The number of benzene rings is 1. The van der Waals surface area contributed by atoms with Gasteiger partial charge in [0.05, 0.1) is 12.1 Å². The zero-order valence-corrected chi connectivity index (χ0v) is 13.5. The summed E-state index contributed by atoms with van der Waals surface area (Å²) in [5.74, 6) is 1.24. The van der Waals surface area contributed by atoms with Crippen molar-refractivity contribution in [2.45, 2.75) is 52.6 Å². The van der Waals surface area contributed by atoms with Crippen LogP contribution in [0.25, 0.3) is 0 Å². The predicted octanol–water partition coefficient (Wildman–Crippen LogP) is 2.48. The first kappa shape index (κ1) is 14.8. The highest BCUT2D eigenvalue weighted by Crippen LogP contribution is 2.15. The summed E-state index contributed by atoms with van der Waals surface area (Å²) < 4.78 is 2.17. The van der Waals surface area contributed by atoms with E-state index < -0.39 is 0 Å². The van der Waals surface area contributed by atoms with Crippen LogP contribution in [-0.2, 0) is 24.2 Å². The fourth-order valence-electron chi connectivity index (χ4n) is 3.08. The minimum Gasteiger partial charge on any atom is -0.351 e. The molecule has 1 aromatic carbocycles. The van der Waals surface area contributed by atoms with E-state index in [-0.39, 0.29) is 11.9 Å². The van der Waals surface area contributed by atoms with Gasteiger partial charge < -0.3 is 9.88 Å². The van der Waals surface area contributed by atoms with Crippen LogP contribution in [-0.4, -0.2) is 21.5 Å². The molecule has 1 N–H and O–H groups in total. The molecule has 0 fully saturated rings. The van der Waals surface area contributed by atoms with Crippen molar-refractivity contribution in [1.29, 1.82) is 0 Å². The third kappa shape index (κ3) is 3.21. The summed E-state index contributed by atoms with van der Waals surface area (Å²) in [5.41, 5.74) is 4.63. The molecular formula is C18H23N3O. The molecule has 0 radical (unpaired) electrons. The van der Waals surface area contributed by atoms with E-state index in [4.69, 9.17) is 0 Å². The number of carbonyl (C=O) groups excluding carboxylic acids is 1. The Labute approximate surface area is 131 Å². The number of amides is 1. The average Bonchev–Trinajstić information content (AvgIpc) is 2.82. The van der Waals surface area contributed by atoms with E-state index in [9.17, 15) is 4.79 Å². The van der Waals surface area contributed by atoms with E-state index >= 15 is 0 Å². The van der Waals surface area contributed by atoms with Gasteiger partial charge >= 0.3 is 0 Å². The van der Waals surface area contributed by atoms with E-state index in [1.54, 1.807) is 0 Å². The molecule has 4 nitrogen and oxygen atoms in total. The van der Waals surface area contributed by atoms with Crippen LogP contribution in [0.3, 0.4) is 0 Å². The maximum Gasteiger partial charge on any atom is 0.224 e. The Morgan fingerprint density at radius 2 is 2.14 bits per heavy atom. The molecule has 0 bridgehead atoms. The van der Waals surface area contributed by atoms with E-state index in [0.29, 0.717) is 6.42 Å². The molecule has 1 atom stereocenters. The highest BCUT2D eigenvalue weighted by atomic mass is 16.1. The maximum absolute atomic E-state index is 12.3. The molecule has 0 unspecified atom stereocenters. The third-order valence-corrected chi connectivity index (χ3v) is 4.41. The summed E-state index contributed by atoms with van der Waals surface area (Å²) in [7, 11) is 0. The summed E-state index contributed by atoms with van der Waals surface area (Å²) in [5, 5.41) is 3.16. The first-order valence-corrected chi connectivity index (χ1v) is 7.89. The predicted molar refractivity (Wildman–Crippen MR) is 86.8 cm³/mol. The van der Waals surface area contributed by atoms with E-state index in [2.05, 4.69) is 47.0 Å². The van der Waals surface area contributed by atoms with Crippen LogP contribution in [0, 0.1) is 20.8 Å². The first-order chi connectivity index (χ1) is 10.5. The van der Waals surface area contributed by atoms with E-state index in [1.165, 1.54) is 11.1 Å². The van der Waals surface area contributed by atoms with Crippen molar-refractivity contribution in [3.63, 3.8) is 0 Å². The second-order valence-electron chi connectivity index (χ2n) is 6.35. The van der Waals surface area contributed by atoms with Gasteiger partial charge in [-0.3, -0.25) is 4.79 Å². The molecule has 0 saturated carbocycles. The fourth-order valence-corrected chi connectivity index (χ4v) is 3.08. The number of fused-ring (bicyclic) bond motifs is 1. The Balaban J connectivity index is 1.59. The van der Waals surface area contributed by atoms with E-state index in [0.717, 1.165) is 36.5 Å². The summed E-state index contributed by atoms with van der Waals surface area (Å²) in [6.07, 6.45) is 4.42. The number of nitrogens with zero attached hydrogens (tertiary/aromatic N) is 2. The van der Waals surface area contributed by atoms with E-state index in [1.807, 2.05) is 13.0 Å². The second-order valence-corrected chi connectivity index (χ2v) is 6.35. The number of hydrogen-bond donors (Lipinski definition) is 1. The highest BCUT2D eigenvalue weighted by Gasteiger charge is 2.21. The van der Waals surface area contributed by atoms with Crippen molar-refractivity contribution in [3.8, 4) is 0 Å². The molecule has 0 spiro atoms. The van der Waals surface area contributed by atoms with Gasteiger partial charge in [0, 0.05) is 25.2 Å². The van der Waals surface area contributed by atoms with Crippen molar-refractivity contribution in [2.75, 3.05) is 0 Å². The minimum atomic E-state index is 0.105. The summed E-state index contributed by atoms with van der Waals surface area (Å²) >= 11 is 0. The van der Waals surface area contributed by atoms with Crippen LogP contribution >= 0.6 is 0 Å². The van der Waals surface area contributed by atoms with Crippen molar-refractivity contribution in [2.24, 2.45) is 0 Å². The molecule has 2 aromatic rings. The van der Waals surface area contributed by atoms with Crippen LogP contribution < -0.4 is 5.32 Å². The lowest BCUT2D eigenvalue weighted by molar-refractivity contribution is -0.121. The van der Waals surface area contributed by atoms with Crippen molar-refractivity contribution in [3.05, 3.63) is 52.6 Å². The van der Waals surface area contributed by atoms with Gasteiger partial charge in [0.1, 0.15) is 5.82 Å². The molecule has 1 amide bonds. The Kier molecular flexibility index (Phi) is 4.01. The van der Waals surface area contributed by atoms with Gasteiger partial charge in [0.2, 0.25) is 5.91 Å². The number of carbonyl (C=O) groups is 1. The molecule has 1 aromatic heterocycles. The quantitative estimate of drug-likeness (QED) is 0.946. The molecule has 22 heavy (non-hydrogen) atoms. The summed E-state index contributed by atoms with van der Waals surface area (Å²) in [6, 6.07) is 6.44. The van der Waals surface area contributed by atoms with Crippen molar-refractivity contribution >= 4 is 5.91 Å². The smallest absolute Gasteiger partial charge is 0.224 e. The summed E-state index contributed by atoms with van der Waals surface area (Å²) in [4.78, 5) is 16.8. The Morgan fingerprint density at radius 3 is 2.91 bits per heavy atom. The monoisotopic (exact) mass is 297 g/mol. The molecular weight excluding hydrogens is 274 g/mol. The molecule has 0 saturated heterocycles. The van der Waals surface area contributed by atoms with Gasteiger partial charge in [0.15, 0.2) is 0 Å². The lowest BCUT2D eigenvalue weighted by Crippen LogP contribution is -2.41. The van der Waals surface area contributed by atoms with Gasteiger partial charge in [-0.05, 0) is 43.9 Å². The summed E-state index contributed by atoms with van der Waals surface area (Å²) in [6.45, 7) is 7.01. The SMILES string of the molecule is Cc1cn2c(n1)CC[C@H](NC(=O)Cc1ccc(C)c(C)c1)C2. The van der Waals surface area contributed by atoms with Crippen LogP contribution in [0.15, 0.2) is 24.4 Å². The maximum atomic E-state index is 12.3. The second kappa shape index (κ2) is 5.95. The molecule has 1 aliphatic rings. The Morgan fingerprint density at radius 1 is 1.32 bits per heavy atom. The number of hydrogen-bond acceptors (Lipinski definition) is 2. The van der Waals surface area contributed by atoms with Gasteiger partial charge in [-0.15, -0.1) is 0 Å². The zero-order valence-electron chi connectivity index (χ0n) is 13.5. The first-order valence-electron chi connectivity index (χ1n) is 7.89. The average molecular weight is 297 g/mol.